The molecule has 0 radical (unpaired) electrons. The van der Waals surface area contributed by atoms with Gasteiger partial charge in [0.15, 0.2) is 0 Å². The van der Waals surface area contributed by atoms with Gasteiger partial charge in [-0.2, -0.15) is 0 Å². The summed E-state index contributed by atoms with van der Waals surface area (Å²) in [5, 5.41) is 0.535. The van der Waals surface area contributed by atoms with Gasteiger partial charge in [-0.3, -0.25) is 0 Å². The normalized spacial score (nSPS) is 19.2. The number of anilines is 1. The third-order valence-electron chi connectivity index (χ3n) is 2.55. The van der Waals surface area contributed by atoms with Crippen molar-refractivity contribution in [3.8, 4) is 0 Å². The summed E-state index contributed by atoms with van der Waals surface area (Å²) < 4.78 is 0. The fraction of sp³-hybridized carbons (Fsp3) is 0.444. The standard InChI is InChI=1S/C9H11ClN2/c1-9(2-3-9)6-4-8(10)12-5-7(6)11/h4-5H,2-3,11H2,1H3. The van der Waals surface area contributed by atoms with E-state index in [2.05, 4.69) is 11.9 Å². The SMILES string of the molecule is CC1(c2cc(Cl)ncc2N)CC1. The van der Waals surface area contributed by atoms with Gasteiger partial charge in [0.2, 0.25) is 0 Å². The summed E-state index contributed by atoms with van der Waals surface area (Å²) in [6.07, 6.45) is 4.05. The Kier molecular flexibility index (Phi) is 1.55. The highest BCUT2D eigenvalue weighted by atomic mass is 35.5. The van der Waals surface area contributed by atoms with Crippen molar-refractivity contribution in [2.24, 2.45) is 0 Å². The molecule has 0 atom stereocenters. The van der Waals surface area contributed by atoms with E-state index in [9.17, 15) is 0 Å². The number of nitrogens with zero attached hydrogens (tertiary/aromatic N) is 1. The quantitative estimate of drug-likeness (QED) is 0.678. The van der Waals surface area contributed by atoms with E-state index in [4.69, 9.17) is 17.3 Å². The molecule has 0 aromatic carbocycles. The summed E-state index contributed by atoms with van der Waals surface area (Å²) in [4.78, 5) is 3.92. The van der Waals surface area contributed by atoms with Crippen molar-refractivity contribution in [2.45, 2.75) is 25.2 Å². The molecule has 0 bridgehead atoms. The highest BCUT2D eigenvalue weighted by molar-refractivity contribution is 6.29. The van der Waals surface area contributed by atoms with E-state index in [1.54, 1.807) is 6.20 Å². The molecule has 0 aliphatic heterocycles. The third kappa shape index (κ3) is 1.16. The van der Waals surface area contributed by atoms with Crippen LogP contribution in [0.15, 0.2) is 12.3 Å². The molecule has 1 heterocycles. The van der Waals surface area contributed by atoms with E-state index in [0.717, 1.165) is 11.3 Å². The summed E-state index contributed by atoms with van der Waals surface area (Å²) in [6, 6.07) is 1.88. The molecule has 2 nitrogen and oxygen atoms in total. The van der Waals surface area contributed by atoms with Crippen LogP contribution in [0, 0.1) is 0 Å². The van der Waals surface area contributed by atoms with E-state index in [1.165, 1.54) is 12.8 Å². The Hall–Kier alpha value is -0.760. The number of halogens is 1. The molecule has 12 heavy (non-hydrogen) atoms. The van der Waals surface area contributed by atoms with Crippen molar-refractivity contribution in [3.05, 3.63) is 23.0 Å². The van der Waals surface area contributed by atoms with Gasteiger partial charge in [0, 0.05) is 0 Å². The molecule has 1 aromatic rings. The van der Waals surface area contributed by atoms with Crippen molar-refractivity contribution in [2.75, 3.05) is 5.73 Å². The fourth-order valence-electron chi connectivity index (χ4n) is 1.42. The Morgan fingerprint density at radius 1 is 1.58 bits per heavy atom. The largest absolute Gasteiger partial charge is 0.397 e. The average molecular weight is 183 g/mol. The van der Waals surface area contributed by atoms with Crippen LogP contribution in [-0.2, 0) is 5.41 Å². The molecule has 1 fully saturated rings. The Morgan fingerprint density at radius 3 is 2.83 bits per heavy atom. The monoisotopic (exact) mass is 182 g/mol. The molecule has 64 valence electrons. The van der Waals surface area contributed by atoms with Gasteiger partial charge in [-0.1, -0.05) is 18.5 Å². The summed E-state index contributed by atoms with van der Waals surface area (Å²) >= 11 is 5.78. The van der Waals surface area contributed by atoms with Crippen LogP contribution >= 0.6 is 11.6 Å². The Morgan fingerprint density at radius 2 is 2.25 bits per heavy atom. The summed E-state index contributed by atoms with van der Waals surface area (Å²) in [5.41, 5.74) is 7.99. The second kappa shape index (κ2) is 2.36. The van der Waals surface area contributed by atoms with Gasteiger partial charge < -0.3 is 5.73 Å². The van der Waals surface area contributed by atoms with Crippen LogP contribution in [0.2, 0.25) is 5.15 Å². The first kappa shape index (κ1) is 7.87. The Balaban J connectivity index is 2.48. The van der Waals surface area contributed by atoms with Crippen LogP contribution in [0.3, 0.4) is 0 Å². The van der Waals surface area contributed by atoms with Crippen LogP contribution in [0.4, 0.5) is 5.69 Å². The van der Waals surface area contributed by atoms with Crippen LogP contribution in [0.5, 0.6) is 0 Å². The summed E-state index contributed by atoms with van der Waals surface area (Å²) in [6.45, 7) is 2.20. The first-order chi connectivity index (χ1) is 5.62. The number of nitrogen functional groups attached to an aromatic ring is 1. The molecule has 1 aromatic heterocycles. The molecule has 2 rings (SSSR count). The van der Waals surface area contributed by atoms with Crippen molar-refractivity contribution in [1.29, 1.82) is 0 Å². The van der Waals surface area contributed by atoms with Crippen molar-refractivity contribution < 1.29 is 0 Å². The van der Waals surface area contributed by atoms with E-state index >= 15 is 0 Å². The van der Waals surface area contributed by atoms with E-state index < -0.39 is 0 Å². The van der Waals surface area contributed by atoms with Gasteiger partial charge in [0.05, 0.1) is 11.9 Å². The van der Waals surface area contributed by atoms with Crippen LogP contribution < -0.4 is 5.73 Å². The maximum Gasteiger partial charge on any atom is 0.129 e. The van der Waals surface area contributed by atoms with Gasteiger partial charge >= 0.3 is 0 Å². The average Bonchev–Trinajstić information content (AvgIpc) is 2.75. The lowest BCUT2D eigenvalue weighted by Gasteiger charge is -2.11. The zero-order valence-electron chi connectivity index (χ0n) is 6.97. The van der Waals surface area contributed by atoms with E-state index in [0.29, 0.717) is 5.15 Å². The molecular formula is C9H11ClN2. The fourth-order valence-corrected chi connectivity index (χ4v) is 1.58. The number of rotatable bonds is 1. The maximum absolute atomic E-state index is 5.79. The number of hydrogen-bond acceptors (Lipinski definition) is 2. The smallest absolute Gasteiger partial charge is 0.129 e. The second-order valence-corrected chi connectivity index (χ2v) is 4.04. The minimum Gasteiger partial charge on any atom is -0.397 e. The molecule has 1 saturated carbocycles. The zero-order chi connectivity index (χ0) is 8.77. The highest BCUT2D eigenvalue weighted by Crippen LogP contribution is 2.49. The number of nitrogens with two attached hydrogens (primary N) is 1. The van der Waals surface area contributed by atoms with Crippen molar-refractivity contribution in [1.82, 2.24) is 4.98 Å². The molecule has 0 spiro atoms. The van der Waals surface area contributed by atoms with Gasteiger partial charge in [-0.15, -0.1) is 0 Å². The molecule has 0 unspecified atom stereocenters. The lowest BCUT2D eigenvalue weighted by molar-refractivity contribution is 0.789. The Labute approximate surface area is 76.7 Å². The van der Waals surface area contributed by atoms with Crippen molar-refractivity contribution in [3.63, 3.8) is 0 Å². The first-order valence-corrected chi connectivity index (χ1v) is 4.41. The lowest BCUT2D eigenvalue weighted by atomic mass is 9.98. The minimum atomic E-state index is 0.274. The van der Waals surface area contributed by atoms with E-state index in [-0.39, 0.29) is 5.41 Å². The predicted molar refractivity (Wildman–Crippen MR) is 50.2 cm³/mol. The lowest BCUT2D eigenvalue weighted by Crippen LogP contribution is -2.05. The van der Waals surface area contributed by atoms with E-state index in [1.807, 2.05) is 6.07 Å². The zero-order valence-corrected chi connectivity index (χ0v) is 7.73. The molecule has 1 aliphatic carbocycles. The number of aromatic nitrogens is 1. The van der Waals surface area contributed by atoms with Gasteiger partial charge in [-0.05, 0) is 29.9 Å². The number of pyridine rings is 1. The summed E-state index contributed by atoms with van der Waals surface area (Å²) in [7, 11) is 0. The third-order valence-corrected chi connectivity index (χ3v) is 2.76. The maximum atomic E-state index is 5.79. The van der Waals surface area contributed by atoms with Crippen LogP contribution in [0.25, 0.3) is 0 Å². The van der Waals surface area contributed by atoms with Gasteiger partial charge in [0.25, 0.3) is 0 Å². The minimum absolute atomic E-state index is 0.274. The first-order valence-electron chi connectivity index (χ1n) is 4.03. The highest BCUT2D eigenvalue weighted by Gasteiger charge is 2.40. The molecule has 0 amide bonds. The van der Waals surface area contributed by atoms with Gasteiger partial charge in [-0.25, -0.2) is 4.98 Å². The van der Waals surface area contributed by atoms with Crippen molar-refractivity contribution >= 4 is 17.3 Å². The van der Waals surface area contributed by atoms with Gasteiger partial charge in [0.1, 0.15) is 5.15 Å². The topological polar surface area (TPSA) is 38.9 Å². The number of hydrogen-bond donors (Lipinski definition) is 1. The molecule has 2 N–H and O–H groups in total. The van der Waals surface area contributed by atoms with Crippen LogP contribution in [-0.4, -0.2) is 4.98 Å². The Bertz CT molecular complexity index is 318. The molecule has 1 aliphatic rings. The van der Waals surface area contributed by atoms with Crippen LogP contribution in [0.1, 0.15) is 25.3 Å². The molecule has 0 saturated heterocycles. The molecular weight excluding hydrogens is 172 g/mol. The summed E-state index contributed by atoms with van der Waals surface area (Å²) in [5.74, 6) is 0. The second-order valence-electron chi connectivity index (χ2n) is 3.65. The predicted octanol–water partition coefficient (Wildman–Crippen LogP) is 2.37. The molecule has 3 heteroatoms.